The Morgan fingerprint density at radius 1 is 1.32 bits per heavy atom. The summed E-state index contributed by atoms with van der Waals surface area (Å²) >= 11 is 8.46. The molecule has 2 unspecified atom stereocenters. The third-order valence-electron chi connectivity index (χ3n) is 2.45. The van der Waals surface area contributed by atoms with Crippen molar-refractivity contribution in [3.8, 4) is 0 Å². The number of unbranched alkanes of at least 4 members (excludes halogenated alkanes) is 1. The van der Waals surface area contributed by atoms with Crippen molar-refractivity contribution < 1.29 is 69.1 Å². The summed E-state index contributed by atoms with van der Waals surface area (Å²) in [4.78, 5) is 11.3. The minimum atomic E-state index is -4.45. The van der Waals surface area contributed by atoms with Crippen molar-refractivity contribution >= 4 is 41.3 Å². The van der Waals surface area contributed by atoms with E-state index in [2.05, 4.69) is 30.6 Å². The molecule has 0 aromatic carbocycles. The van der Waals surface area contributed by atoms with E-state index in [4.69, 9.17) is 0 Å². The largest absolute Gasteiger partial charge is 1.00 e. The van der Waals surface area contributed by atoms with Gasteiger partial charge in [-0.15, -0.1) is 0 Å². The Labute approximate surface area is 169 Å². The molecule has 9 heteroatoms. The first kappa shape index (κ1) is 23.0. The van der Waals surface area contributed by atoms with Crippen LogP contribution in [0.1, 0.15) is 39.0 Å². The van der Waals surface area contributed by atoms with Crippen molar-refractivity contribution in [3.05, 3.63) is 0 Å². The van der Waals surface area contributed by atoms with Gasteiger partial charge in [-0.3, -0.25) is 4.79 Å². The second-order valence-corrected chi connectivity index (χ2v) is 6.98. The van der Waals surface area contributed by atoms with E-state index < -0.39 is 21.4 Å². The van der Waals surface area contributed by atoms with E-state index in [1.165, 1.54) is 0 Å². The molecule has 0 fully saturated rings. The minimum Gasteiger partial charge on any atom is -0.746 e. The second kappa shape index (κ2) is 12.3. The number of hydrogen-bond acceptors (Lipinski definition) is 6. The molecular weight excluding hydrogens is 333 g/mol. The monoisotopic (exact) mass is 353 g/mol. The summed E-state index contributed by atoms with van der Waals surface area (Å²) in [6.07, 6.45) is 3.53. The number of carbonyl (C=O) groups is 1. The molecule has 0 radical (unpaired) electrons. The van der Waals surface area contributed by atoms with E-state index in [-0.39, 0.29) is 63.1 Å². The average molecular weight is 354 g/mol. The zero-order chi connectivity index (χ0) is 14.2. The molecule has 0 saturated heterocycles. The molecule has 0 aliphatic rings. The van der Waals surface area contributed by atoms with Crippen LogP contribution in [0.15, 0.2) is 0 Å². The molecule has 2 atom stereocenters. The number of hydrogen-bond donors (Lipinski definition) is 3. The first-order chi connectivity index (χ1) is 8.27. The third-order valence-corrected chi connectivity index (χ3v) is 4.21. The van der Waals surface area contributed by atoms with Crippen LogP contribution >= 0.6 is 25.3 Å². The molecule has 1 N–H and O–H groups in total. The molecule has 19 heavy (non-hydrogen) atoms. The molecule has 0 aromatic rings. The van der Waals surface area contributed by atoms with E-state index in [1.807, 2.05) is 0 Å². The molecule has 1 amide bonds. The molecule has 0 aliphatic carbocycles. The summed E-state index contributed by atoms with van der Waals surface area (Å²) in [5, 5.41) is 1.08. The first-order valence-electron chi connectivity index (χ1n) is 5.80. The summed E-state index contributed by atoms with van der Waals surface area (Å²) in [6, 6.07) is 0. The zero-order valence-corrected chi connectivity index (χ0v) is 17.1. The van der Waals surface area contributed by atoms with Crippen molar-refractivity contribution in [2.24, 2.45) is 0 Å². The van der Waals surface area contributed by atoms with E-state index in [0.29, 0.717) is 6.42 Å². The van der Waals surface area contributed by atoms with Gasteiger partial charge in [0.1, 0.15) is 15.5 Å². The molecule has 0 aliphatic heterocycles. The van der Waals surface area contributed by atoms with Crippen LogP contribution in [0.3, 0.4) is 0 Å². The Morgan fingerprint density at radius 2 is 1.89 bits per heavy atom. The van der Waals surface area contributed by atoms with Gasteiger partial charge in [0.15, 0.2) is 0 Å². The summed E-state index contributed by atoms with van der Waals surface area (Å²) < 4.78 is 31.7. The first-order valence-corrected chi connectivity index (χ1v) is 8.42. The fraction of sp³-hybridized carbons (Fsp3) is 0.900. The van der Waals surface area contributed by atoms with Gasteiger partial charge in [0.2, 0.25) is 5.91 Å². The van der Waals surface area contributed by atoms with Crippen LogP contribution in [0.4, 0.5) is 0 Å². The predicted octanol–water partition coefficient (Wildman–Crippen LogP) is -1.82. The van der Waals surface area contributed by atoms with Crippen molar-refractivity contribution in [2.45, 2.75) is 49.7 Å². The fourth-order valence-corrected chi connectivity index (χ4v) is 2.43. The van der Waals surface area contributed by atoms with Crippen LogP contribution in [0.2, 0.25) is 0 Å². The molecule has 0 aromatic heterocycles. The molecular formula is C10H20KNO4S3. The maximum Gasteiger partial charge on any atom is 1.00 e. The van der Waals surface area contributed by atoms with Crippen LogP contribution in [0, 0.1) is 0 Å². The molecule has 108 valence electrons. The van der Waals surface area contributed by atoms with Crippen LogP contribution in [0.5, 0.6) is 0 Å². The topological polar surface area (TPSA) is 86.3 Å². The minimum absolute atomic E-state index is 0. The molecule has 5 nitrogen and oxygen atoms in total. The quantitative estimate of drug-likeness (QED) is 0.197. The second-order valence-electron chi connectivity index (χ2n) is 4.11. The van der Waals surface area contributed by atoms with Crippen LogP contribution in [0.25, 0.3) is 0 Å². The summed E-state index contributed by atoms with van der Waals surface area (Å²) in [6.45, 7) is 1.16. The standard InChI is InChI=1S/C10H21NO4S3.K/c1-8(18(13,14)15)11-10(12)5-3-2-4-9(17)6-7-16;/h8-9,16-17H,2-7H2,1H3,(H,11,12)(H,13,14,15);/q;+1/p-1. The van der Waals surface area contributed by atoms with Crippen LogP contribution in [-0.2, 0) is 14.9 Å². The number of thiol groups is 2. The molecule has 0 bridgehead atoms. The van der Waals surface area contributed by atoms with Crippen molar-refractivity contribution in [2.75, 3.05) is 5.75 Å². The smallest absolute Gasteiger partial charge is 0.746 e. The molecule has 0 heterocycles. The van der Waals surface area contributed by atoms with Gasteiger partial charge in [-0.1, -0.05) is 6.42 Å². The number of rotatable bonds is 9. The Morgan fingerprint density at radius 3 is 2.37 bits per heavy atom. The van der Waals surface area contributed by atoms with Gasteiger partial charge < -0.3 is 9.87 Å². The SMILES string of the molecule is CC(NC(=O)CCCCC(S)CCS)S(=O)(=O)[O-].[K+]. The number of amides is 1. The van der Waals surface area contributed by atoms with Gasteiger partial charge >= 0.3 is 51.4 Å². The maximum atomic E-state index is 11.3. The van der Waals surface area contributed by atoms with Crippen molar-refractivity contribution in [1.29, 1.82) is 0 Å². The predicted molar refractivity (Wildman–Crippen MR) is 77.0 cm³/mol. The summed E-state index contributed by atoms with van der Waals surface area (Å²) in [7, 11) is -4.45. The normalized spacial score (nSPS) is 14.3. The molecule has 0 spiro atoms. The van der Waals surface area contributed by atoms with Crippen LogP contribution in [-0.4, -0.2) is 35.3 Å². The van der Waals surface area contributed by atoms with Gasteiger partial charge in [-0.2, -0.15) is 25.3 Å². The van der Waals surface area contributed by atoms with Crippen LogP contribution < -0.4 is 56.7 Å². The Hall–Kier alpha value is 1.72. The Bertz CT molecular complexity index is 351. The number of nitrogens with one attached hydrogen (secondary N) is 1. The van der Waals surface area contributed by atoms with E-state index in [0.717, 1.165) is 31.9 Å². The van der Waals surface area contributed by atoms with Crippen molar-refractivity contribution in [3.63, 3.8) is 0 Å². The average Bonchev–Trinajstić information content (AvgIpc) is 2.23. The van der Waals surface area contributed by atoms with E-state index in [1.54, 1.807) is 0 Å². The van der Waals surface area contributed by atoms with Gasteiger partial charge in [0, 0.05) is 11.7 Å². The van der Waals surface area contributed by atoms with Gasteiger partial charge in [0.25, 0.3) is 0 Å². The summed E-state index contributed by atoms with van der Waals surface area (Å²) in [5.41, 5.74) is 0. The maximum absolute atomic E-state index is 11.3. The summed E-state index contributed by atoms with van der Waals surface area (Å²) in [5.74, 6) is 0.375. The van der Waals surface area contributed by atoms with E-state index >= 15 is 0 Å². The third kappa shape index (κ3) is 13.1. The zero-order valence-electron chi connectivity index (χ0n) is 11.3. The van der Waals surface area contributed by atoms with Crippen molar-refractivity contribution in [1.82, 2.24) is 5.32 Å². The molecule has 0 saturated carbocycles. The van der Waals surface area contributed by atoms with Gasteiger partial charge in [-0.25, -0.2) is 8.42 Å². The fourth-order valence-electron chi connectivity index (χ4n) is 1.33. The van der Waals surface area contributed by atoms with E-state index in [9.17, 15) is 17.8 Å². The van der Waals surface area contributed by atoms with Gasteiger partial charge in [-0.05, 0) is 31.9 Å². The Kier molecular flexibility index (Phi) is 14.9. The van der Waals surface area contributed by atoms with Gasteiger partial charge in [0.05, 0.1) is 0 Å². The molecule has 0 rings (SSSR count). The number of carbonyl (C=O) groups excluding carboxylic acids is 1. The Balaban J connectivity index is 0.